The van der Waals surface area contributed by atoms with Crippen molar-refractivity contribution in [3.05, 3.63) is 133 Å². The van der Waals surface area contributed by atoms with Crippen molar-refractivity contribution in [2.45, 2.75) is 62.9 Å². The lowest BCUT2D eigenvalue weighted by Gasteiger charge is -2.18. The van der Waals surface area contributed by atoms with Crippen LogP contribution < -0.4 is 18.9 Å². The second-order valence-corrected chi connectivity index (χ2v) is 11.4. The predicted octanol–water partition coefficient (Wildman–Crippen LogP) is 9.12. The molecule has 0 aliphatic carbocycles. The summed E-state index contributed by atoms with van der Waals surface area (Å²) in [7, 11) is 0. The Balaban J connectivity index is 1.24. The fraction of sp³-hybridized carbons (Fsp3) is 0.211. The minimum absolute atomic E-state index is 0.321. The molecule has 0 heterocycles. The molecule has 0 N–H and O–H groups in total. The molecule has 0 spiro atoms. The van der Waals surface area contributed by atoms with E-state index in [1.807, 2.05) is 98.8 Å². The van der Waals surface area contributed by atoms with Crippen molar-refractivity contribution in [1.82, 2.24) is 0 Å². The zero-order chi connectivity index (χ0) is 33.4. The Morgan fingerprint density at radius 3 is 1.26 bits per heavy atom. The molecule has 4 aromatic carbocycles. The molecule has 47 heavy (non-hydrogen) atoms. The SMILES string of the molecule is CCC(OC(=O)/C(C)=C/Oc1ccccc1)Oc1ccc(Sc2ccc(OC(CC)OC(=O)/C(C)=C/Oc3ccccc3)cc2)cc1. The van der Waals surface area contributed by atoms with Crippen molar-refractivity contribution in [2.75, 3.05) is 0 Å². The number of hydrogen-bond donors (Lipinski definition) is 0. The molecular formula is C38H38O8S. The van der Waals surface area contributed by atoms with Crippen molar-refractivity contribution in [3.8, 4) is 23.0 Å². The summed E-state index contributed by atoms with van der Waals surface area (Å²) in [5, 5.41) is 0. The summed E-state index contributed by atoms with van der Waals surface area (Å²) in [6, 6.07) is 33.4. The van der Waals surface area contributed by atoms with Crippen molar-refractivity contribution >= 4 is 23.7 Å². The maximum atomic E-state index is 12.5. The molecule has 0 aliphatic heterocycles. The van der Waals surface area contributed by atoms with E-state index in [0.717, 1.165) is 9.79 Å². The standard InChI is InChI=1S/C38H38O8S/c1-5-35(45-37(39)27(3)25-41-29-13-9-7-10-14-29)43-31-17-21-33(22-18-31)47-34-23-19-32(20-24-34)44-36(6-2)46-38(40)28(4)26-42-30-15-11-8-12-16-30/h7-26,35-36H,5-6H2,1-4H3/b27-25+,28-26+. The monoisotopic (exact) mass is 654 g/mol. The quantitative estimate of drug-likeness (QED) is 0.0508. The zero-order valence-corrected chi connectivity index (χ0v) is 27.6. The molecule has 0 fully saturated rings. The van der Waals surface area contributed by atoms with Gasteiger partial charge < -0.3 is 28.4 Å². The van der Waals surface area contributed by atoms with E-state index >= 15 is 0 Å². The second kappa shape index (κ2) is 18.1. The molecule has 4 rings (SSSR count). The Morgan fingerprint density at radius 2 is 0.915 bits per heavy atom. The molecule has 4 aromatic rings. The van der Waals surface area contributed by atoms with Gasteiger partial charge in [0, 0.05) is 22.6 Å². The van der Waals surface area contributed by atoms with E-state index in [4.69, 9.17) is 28.4 Å². The molecule has 8 nitrogen and oxygen atoms in total. The van der Waals surface area contributed by atoms with Gasteiger partial charge in [-0.05, 0) is 86.6 Å². The molecule has 2 atom stereocenters. The van der Waals surface area contributed by atoms with Crippen LogP contribution in [-0.2, 0) is 19.1 Å². The number of ether oxygens (including phenoxy) is 6. The van der Waals surface area contributed by atoms with Crippen molar-refractivity contribution < 1.29 is 38.0 Å². The van der Waals surface area contributed by atoms with E-state index in [1.165, 1.54) is 12.5 Å². The van der Waals surface area contributed by atoms with Crippen LogP contribution >= 0.6 is 11.8 Å². The highest BCUT2D eigenvalue weighted by molar-refractivity contribution is 7.99. The lowest BCUT2D eigenvalue weighted by molar-refractivity contribution is -0.160. The minimum Gasteiger partial charge on any atom is -0.464 e. The number of esters is 2. The summed E-state index contributed by atoms with van der Waals surface area (Å²) >= 11 is 1.57. The van der Waals surface area contributed by atoms with E-state index in [-0.39, 0.29) is 0 Å². The van der Waals surface area contributed by atoms with Gasteiger partial charge in [0.15, 0.2) is 0 Å². The third-order valence-electron chi connectivity index (χ3n) is 6.44. The summed E-state index contributed by atoms with van der Waals surface area (Å²) in [6.07, 6.45) is 2.19. The maximum absolute atomic E-state index is 12.5. The number of rotatable bonds is 16. The van der Waals surface area contributed by atoms with E-state index < -0.39 is 24.5 Å². The molecule has 0 saturated carbocycles. The number of para-hydroxylation sites is 2. The van der Waals surface area contributed by atoms with Crippen LogP contribution in [0.3, 0.4) is 0 Å². The summed E-state index contributed by atoms with van der Waals surface area (Å²) in [5.74, 6) is 1.38. The third kappa shape index (κ3) is 11.6. The lowest BCUT2D eigenvalue weighted by atomic mass is 10.3. The number of carbonyl (C=O) groups excluding carboxylic acids is 2. The first kappa shape index (κ1) is 34.7. The Hall–Kier alpha value is -5.15. The van der Waals surface area contributed by atoms with Gasteiger partial charge in [-0.1, -0.05) is 62.0 Å². The molecule has 0 aromatic heterocycles. The van der Waals surface area contributed by atoms with Gasteiger partial charge in [0.05, 0.1) is 11.1 Å². The van der Waals surface area contributed by atoms with Gasteiger partial charge >= 0.3 is 11.9 Å². The van der Waals surface area contributed by atoms with Crippen LogP contribution in [0.25, 0.3) is 0 Å². The first-order valence-electron chi connectivity index (χ1n) is 15.2. The summed E-state index contributed by atoms with van der Waals surface area (Å²) in [6.45, 7) is 7.01. The molecule has 0 aliphatic rings. The fourth-order valence-electron chi connectivity index (χ4n) is 3.83. The first-order valence-corrected chi connectivity index (χ1v) is 16.0. The van der Waals surface area contributed by atoms with Crippen LogP contribution in [0.2, 0.25) is 0 Å². The highest BCUT2D eigenvalue weighted by Gasteiger charge is 2.17. The van der Waals surface area contributed by atoms with Gasteiger partial charge in [-0.2, -0.15) is 0 Å². The van der Waals surface area contributed by atoms with E-state index in [9.17, 15) is 9.59 Å². The Morgan fingerprint density at radius 1 is 0.553 bits per heavy atom. The molecule has 9 heteroatoms. The number of benzene rings is 4. The van der Waals surface area contributed by atoms with Crippen molar-refractivity contribution in [3.63, 3.8) is 0 Å². The molecular weight excluding hydrogens is 616 g/mol. The van der Waals surface area contributed by atoms with Crippen LogP contribution in [0.5, 0.6) is 23.0 Å². The first-order chi connectivity index (χ1) is 22.8. The van der Waals surface area contributed by atoms with E-state index in [2.05, 4.69) is 0 Å². The molecule has 0 radical (unpaired) electrons. The van der Waals surface area contributed by atoms with Gasteiger partial charge in [0.2, 0.25) is 12.6 Å². The van der Waals surface area contributed by atoms with Crippen LogP contribution in [0.4, 0.5) is 0 Å². The number of hydrogen-bond acceptors (Lipinski definition) is 9. The largest absolute Gasteiger partial charge is 0.464 e. The highest BCUT2D eigenvalue weighted by atomic mass is 32.2. The van der Waals surface area contributed by atoms with Crippen molar-refractivity contribution in [2.24, 2.45) is 0 Å². The summed E-state index contributed by atoms with van der Waals surface area (Å²) in [5.41, 5.74) is 0.643. The molecule has 244 valence electrons. The summed E-state index contributed by atoms with van der Waals surface area (Å²) in [4.78, 5) is 27.1. The van der Waals surface area contributed by atoms with Crippen LogP contribution in [-0.4, -0.2) is 24.5 Å². The third-order valence-corrected chi connectivity index (χ3v) is 7.45. The van der Waals surface area contributed by atoms with Gasteiger partial charge in [0.1, 0.15) is 35.5 Å². The molecule has 0 amide bonds. The highest BCUT2D eigenvalue weighted by Crippen LogP contribution is 2.31. The average Bonchev–Trinajstić information content (AvgIpc) is 3.11. The lowest BCUT2D eigenvalue weighted by Crippen LogP contribution is -2.24. The van der Waals surface area contributed by atoms with E-state index in [1.54, 1.807) is 49.9 Å². The average molecular weight is 655 g/mol. The maximum Gasteiger partial charge on any atom is 0.339 e. The predicted molar refractivity (Wildman–Crippen MR) is 180 cm³/mol. The van der Waals surface area contributed by atoms with Gasteiger partial charge in [-0.15, -0.1) is 0 Å². The fourth-order valence-corrected chi connectivity index (χ4v) is 4.64. The normalized spacial score (nSPS) is 12.8. The van der Waals surface area contributed by atoms with Gasteiger partial charge in [0.25, 0.3) is 0 Å². The van der Waals surface area contributed by atoms with Crippen molar-refractivity contribution in [1.29, 1.82) is 0 Å². The van der Waals surface area contributed by atoms with Crippen LogP contribution in [0, 0.1) is 0 Å². The smallest absolute Gasteiger partial charge is 0.339 e. The number of carbonyl (C=O) groups is 2. The Kier molecular flexibility index (Phi) is 13.4. The zero-order valence-electron chi connectivity index (χ0n) is 26.8. The minimum atomic E-state index is -0.748. The molecule has 0 saturated heterocycles. The molecule has 0 bridgehead atoms. The van der Waals surface area contributed by atoms with E-state index in [0.29, 0.717) is 47.0 Å². The van der Waals surface area contributed by atoms with Gasteiger partial charge in [-0.25, -0.2) is 9.59 Å². The van der Waals surface area contributed by atoms with Crippen LogP contribution in [0.15, 0.2) is 143 Å². The van der Waals surface area contributed by atoms with Gasteiger partial charge in [-0.3, -0.25) is 0 Å². The Bertz CT molecular complexity index is 1500. The Labute approximate surface area is 279 Å². The molecule has 2 unspecified atom stereocenters. The van der Waals surface area contributed by atoms with Crippen LogP contribution in [0.1, 0.15) is 40.5 Å². The summed E-state index contributed by atoms with van der Waals surface area (Å²) < 4.78 is 33.9. The second-order valence-electron chi connectivity index (χ2n) is 10.2. The topological polar surface area (TPSA) is 89.5 Å².